The zero-order chi connectivity index (χ0) is 18.5. The molecule has 28 heavy (non-hydrogen) atoms. The summed E-state index contributed by atoms with van der Waals surface area (Å²) in [5.74, 6) is 0. The number of para-hydroxylation sites is 3. The van der Waals surface area contributed by atoms with Gasteiger partial charge >= 0.3 is 0 Å². The van der Waals surface area contributed by atoms with Crippen molar-refractivity contribution in [2.24, 2.45) is 0 Å². The molecule has 0 unspecified atom stereocenters. The Morgan fingerprint density at radius 1 is 0.607 bits per heavy atom. The zero-order valence-corrected chi connectivity index (χ0v) is 15.2. The van der Waals surface area contributed by atoms with Crippen LogP contribution in [0.1, 0.15) is 0 Å². The van der Waals surface area contributed by atoms with Crippen LogP contribution in [-0.2, 0) is 0 Å². The van der Waals surface area contributed by atoms with Gasteiger partial charge in [-0.25, -0.2) is 0 Å². The number of benzene rings is 4. The number of fused-ring (bicyclic) bond motifs is 4. The van der Waals surface area contributed by atoms with Crippen molar-refractivity contribution < 1.29 is 4.42 Å². The van der Waals surface area contributed by atoms with Crippen LogP contribution in [0.2, 0.25) is 0 Å². The first-order chi connectivity index (χ1) is 13.9. The monoisotopic (exact) mass is 359 g/mol. The summed E-state index contributed by atoms with van der Waals surface area (Å²) in [6.45, 7) is 0. The summed E-state index contributed by atoms with van der Waals surface area (Å²) in [4.78, 5) is 0. The Bertz CT molecular complexity index is 1450. The van der Waals surface area contributed by atoms with Crippen LogP contribution in [0.25, 0.3) is 49.6 Å². The van der Waals surface area contributed by atoms with E-state index in [0.29, 0.717) is 0 Å². The molecule has 0 saturated carbocycles. The van der Waals surface area contributed by atoms with Crippen molar-refractivity contribution in [3.63, 3.8) is 0 Å². The normalized spacial score (nSPS) is 11.6. The lowest BCUT2D eigenvalue weighted by atomic mass is 10.0. The Morgan fingerprint density at radius 2 is 1.39 bits per heavy atom. The minimum atomic E-state index is 0.910. The average Bonchev–Trinajstić information content (AvgIpc) is 3.37. The van der Waals surface area contributed by atoms with Crippen molar-refractivity contribution in [1.82, 2.24) is 4.57 Å². The highest BCUT2D eigenvalue weighted by Crippen LogP contribution is 2.39. The summed E-state index contributed by atoms with van der Waals surface area (Å²) < 4.78 is 8.24. The Kier molecular flexibility index (Phi) is 3.20. The summed E-state index contributed by atoms with van der Waals surface area (Å²) in [6, 6.07) is 34.1. The number of furan rings is 1. The first kappa shape index (κ1) is 15.3. The van der Waals surface area contributed by atoms with Gasteiger partial charge in [0.05, 0.1) is 23.0 Å². The Balaban J connectivity index is 1.85. The molecule has 0 bridgehead atoms. The predicted molar refractivity (Wildman–Crippen MR) is 116 cm³/mol. The fraction of sp³-hybridized carbons (Fsp3) is 0. The number of aromatic nitrogens is 1. The highest BCUT2D eigenvalue weighted by molar-refractivity contribution is 6.14. The molecule has 0 fully saturated rings. The van der Waals surface area contributed by atoms with Gasteiger partial charge in [0, 0.05) is 21.7 Å². The van der Waals surface area contributed by atoms with Gasteiger partial charge in [0.2, 0.25) is 0 Å². The van der Waals surface area contributed by atoms with E-state index in [2.05, 4.69) is 95.6 Å². The summed E-state index contributed by atoms with van der Waals surface area (Å²) >= 11 is 0. The van der Waals surface area contributed by atoms with E-state index in [4.69, 9.17) is 4.42 Å². The molecule has 0 saturated heterocycles. The largest absolute Gasteiger partial charge is 0.462 e. The van der Waals surface area contributed by atoms with Crippen LogP contribution in [0.5, 0.6) is 0 Å². The second-order valence-electron chi connectivity index (χ2n) is 7.04. The molecule has 132 valence electrons. The fourth-order valence-corrected chi connectivity index (χ4v) is 4.27. The van der Waals surface area contributed by atoms with Crippen LogP contribution in [0.15, 0.2) is 108 Å². The number of hydrogen-bond acceptors (Lipinski definition) is 1. The van der Waals surface area contributed by atoms with Crippen LogP contribution in [0.3, 0.4) is 0 Å². The van der Waals surface area contributed by atoms with E-state index in [1.165, 1.54) is 32.9 Å². The average molecular weight is 359 g/mol. The highest BCUT2D eigenvalue weighted by Gasteiger charge is 2.18. The lowest BCUT2D eigenvalue weighted by Gasteiger charge is -2.12. The summed E-state index contributed by atoms with van der Waals surface area (Å²) in [6.07, 6.45) is 1.76. The van der Waals surface area contributed by atoms with Gasteiger partial charge in [-0.05, 0) is 23.8 Å². The minimum Gasteiger partial charge on any atom is -0.462 e. The van der Waals surface area contributed by atoms with E-state index in [9.17, 15) is 0 Å². The van der Waals surface area contributed by atoms with Gasteiger partial charge in [-0.15, -0.1) is 0 Å². The van der Waals surface area contributed by atoms with Gasteiger partial charge in [0.15, 0.2) is 5.58 Å². The van der Waals surface area contributed by atoms with Gasteiger partial charge < -0.3 is 8.98 Å². The van der Waals surface area contributed by atoms with E-state index >= 15 is 0 Å². The Morgan fingerprint density at radius 3 is 2.32 bits per heavy atom. The van der Waals surface area contributed by atoms with E-state index in [0.717, 1.165) is 16.7 Å². The summed E-state index contributed by atoms with van der Waals surface area (Å²) in [5, 5.41) is 3.61. The molecule has 0 N–H and O–H groups in total. The van der Waals surface area contributed by atoms with E-state index in [1.807, 2.05) is 6.07 Å². The zero-order valence-electron chi connectivity index (χ0n) is 15.2. The van der Waals surface area contributed by atoms with E-state index in [1.54, 1.807) is 6.26 Å². The lowest BCUT2D eigenvalue weighted by Crippen LogP contribution is -1.96. The van der Waals surface area contributed by atoms with Crippen molar-refractivity contribution in [2.45, 2.75) is 0 Å². The van der Waals surface area contributed by atoms with Gasteiger partial charge in [-0.1, -0.05) is 78.9 Å². The standard InChI is InChI=1S/C26H17NO/c1-2-8-18(9-3-1)20-12-7-13-22-21-11-4-5-14-23(21)27(25(20)22)24-15-6-10-19-16-17-28-26(19)24/h1-17H. The molecule has 0 atom stereocenters. The Hall–Kier alpha value is -3.78. The first-order valence-electron chi connectivity index (χ1n) is 9.46. The number of hydrogen-bond donors (Lipinski definition) is 0. The van der Waals surface area contributed by atoms with Crippen molar-refractivity contribution in [3.05, 3.63) is 103 Å². The van der Waals surface area contributed by atoms with Crippen molar-refractivity contribution in [2.75, 3.05) is 0 Å². The van der Waals surface area contributed by atoms with Gasteiger partial charge in [0.1, 0.15) is 0 Å². The van der Waals surface area contributed by atoms with Crippen molar-refractivity contribution in [1.29, 1.82) is 0 Å². The molecule has 2 heteroatoms. The first-order valence-corrected chi connectivity index (χ1v) is 9.46. The molecule has 0 spiro atoms. The van der Waals surface area contributed by atoms with Gasteiger partial charge in [-0.3, -0.25) is 0 Å². The third-order valence-corrected chi connectivity index (χ3v) is 5.48. The molecule has 6 rings (SSSR count). The molecule has 2 aromatic heterocycles. The summed E-state index contributed by atoms with van der Waals surface area (Å²) in [5.41, 5.74) is 6.80. The Labute approximate surface area is 162 Å². The lowest BCUT2D eigenvalue weighted by molar-refractivity contribution is 0.614. The van der Waals surface area contributed by atoms with E-state index in [-0.39, 0.29) is 0 Å². The fourth-order valence-electron chi connectivity index (χ4n) is 4.27. The molecular formula is C26H17NO. The van der Waals surface area contributed by atoms with Crippen LogP contribution < -0.4 is 0 Å². The maximum absolute atomic E-state index is 5.90. The molecular weight excluding hydrogens is 342 g/mol. The maximum Gasteiger partial charge on any atom is 0.157 e. The molecule has 2 nitrogen and oxygen atoms in total. The summed E-state index contributed by atoms with van der Waals surface area (Å²) in [7, 11) is 0. The van der Waals surface area contributed by atoms with Crippen molar-refractivity contribution in [3.8, 4) is 16.8 Å². The number of nitrogens with zero attached hydrogens (tertiary/aromatic N) is 1. The molecule has 4 aromatic carbocycles. The quantitative estimate of drug-likeness (QED) is 0.320. The maximum atomic E-state index is 5.90. The second-order valence-corrected chi connectivity index (χ2v) is 7.04. The molecule has 0 aliphatic heterocycles. The van der Waals surface area contributed by atoms with Crippen LogP contribution in [0, 0.1) is 0 Å². The third-order valence-electron chi connectivity index (χ3n) is 5.48. The molecule has 0 amide bonds. The van der Waals surface area contributed by atoms with Crippen LogP contribution in [-0.4, -0.2) is 4.57 Å². The van der Waals surface area contributed by atoms with Crippen LogP contribution in [0.4, 0.5) is 0 Å². The molecule has 6 aromatic rings. The number of rotatable bonds is 2. The SMILES string of the molecule is c1ccc(-c2cccc3c4ccccc4n(-c4cccc5ccoc45)c23)cc1. The highest BCUT2D eigenvalue weighted by atomic mass is 16.3. The molecule has 0 aliphatic rings. The van der Waals surface area contributed by atoms with Crippen LogP contribution >= 0.6 is 0 Å². The second kappa shape index (κ2) is 5.86. The predicted octanol–water partition coefficient (Wildman–Crippen LogP) is 7.20. The molecule has 0 radical (unpaired) electrons. The molecule has 0 aliphatic carbocycles. The van der Waals surface area contributed by atoms with Gasteiger partial charge in [0.25, 0.3) is 0 Å². The topological polar surface area (TPSA) is 18.1 Å². The van der Waals surface area contributed by atoms with Gasteiger partial charge in [-0.2, -0.15) is 0 Å². The minimum absolute atomic E-state index is 0.910. The van der Waals surface area contributed by atoms with Crippen molar-refractivity contribution >= 4 is 32.8 Å². The smallest absolute Gasteiger partial charge is 0.157 e. The van der Waals surface area contributed by atoms with E-state index < -0.39 is 0 Å². The third kappa shape index (κ3) is 2.09. The molecule has 2 heterocycles.